The summed E-state index contributed by atoms with van der Waals surface area (Å²) in [5, 5.41) is 0. The van der Waals surface area contributed by atoms with E-state index in [4.69, 9.17) is 5.73 Å². The van der Waals surface area contributed by atoms with Gasteiger partial charge in [-0.15, -0.1) is 0 Å². The zero-order chi connectivity index (χ0) is 4.99. The molecule has 0 bridgehead atoms. The molecule has 0 rings (SSSR count). The normalized spacial score (nSPS) is 14.5. The average Bonchev–Trinajstić information content (AvgIpc) is 1.35. The molecule has 0 aliphatic carbocycles. The lowest BCUT2D eigenvalue weighted by Gasteiger charge is -1.96. The molecule has 0 aromatic rings. The molecule has 0 spiro atoms. The summed E-state index contributed by atoms with van der Waals surface area (Å²) in [4.78, 5) is 0. The lowest BCUT2D eigenvalue weighted by atomic mass is 10.2. The van der Waals surface area contributed by atoms with Crippen LogP contribution in [0, 0.1) is 13.3 Å². The van der Waals surface area contributed by atoms with Gasteiger partial charge in [-0.25, -0.2) is 0 Å². The van der Waals surface area contributed by atoms with E-state index < -0.39 is 0 Å². The van der Waals surface area contributed by atoms with Crippen LogP contribution in [-0.4, -0.2) is 6.04 Å². The van der Waals surface area contributed by atoms with Gasteiger partial charge in [0.1, 0.15) is 0 Å². The van der Waals surface area contributed by atoms with Gasteiger partial charge in [0.2, 0.25) is 0 Å². The highest BCUT2D eigenvalue weighted by Gasteiger charge is 1.86. The minimum Gasteiger partial charge on any atom is -0.328 e. The second kappa shape index (κ2) is 3.16. The summed E-state index contributed by atoms with van der Waals surface area (Å²) in [5.41, 5.74) is 5.26. The van der Waals surface area contributed by atoms with Crippen LogP contribution in [0.4, 0.5) is 0 Å². The van der Waals surface area contributed by atoms with Gasteiger partial charge in [0, 0.05) is 6.04 Å². The standard InChI is InChI=1S/C5H11N/c1-3-4-5(2)6/h3,5H,2,4,6H2,1H3. The summed E-state index contributed by atoms with van der Waals surface area (Å²) in [6.45, 7) is 5.55. The van der Waals surface area contributed by atoms with Gasteiger partial charge in [-0.3, -0.25) is 0 Å². The number of hydrogen-bond donors (Lipinski definition) is 1. The molecule has 0 aromatic heterocycles. The van der Waals surface area contributed by atoms with Crippen LogP contribution in [0.5, 0.6) is 0 Å². The third-order valence-electron chi connectivity index (χ3n) is 0.538. The molecule has 36 valence electrons. The molecule has 1 unspecified atom stereocenters. The molecule has 0 aromatic carbocycles. The number of nitrogens with two attached hydrogens (primary N) is 1. The monoisotopic (exact) mass is 85.1 g/mol. The van der Waals surface area contributed by atoms with Crippen molar-refractivity contribution in [1.82, 2.24) is 0 Å². The van der Waals surface area contributed by atoms with E-state index in [1.165, 1.54) is 0 Å². The fourth-order valence-corrected chi connectivity index (χ4v) is 0.303. The Balaban J connectivity index is 2.63. The van der Waals surface area contributed by atoms with Gasteiger partial charge in [-0.05, 0) is 19.8 Å². The maximum atomic E-state index is 5.26. The molecule has 0 saturated heterocycles. The van der Waals surface area contributed by atoms with Crippen LogP contribution >= 0.6 is 0 Å². The van der Waals surface area contributed by atoms with Gasteiger partial charge in [0.05, 0.1) is 0 Å². The first kappa shape index (κ1) is 5.96. The minimum atomic E-state index is 0.0926. The van der Waals surface area contributed by atoms with E-state index in [0.29, 0.717) is 0 Å². The van der Waals surface area contributed by atoms with Crippen molar-refractivity contribution < 1.29 is 0 Å². The molecule has 0 saturated carbocycles. The predicted molar refractivity (Wildman–Crippen MR) is 27.9 cm³/mol. The zero-order valence-corrected chi connectivity index (χ0v) is 4.15. The molecular weight excluding hydrogens is 74.1 g/mol. The quantitative estimate of drug-likeness (QED) is 0.526. The molecule has 1 nitrogen and oxygen atoms in total. The highest BCUT2D eigenvalue weighted by molar-refractivity contribution is 4.69. The van der Waals surface area contributed by atoms with E-state index in [1.807, 2.05) is 13.3 Å². The fourth-order valence-electron chi connectivity index (χ4n) is 0.303. The van der Waals surface area contributed by atoms with Gasteiger partial charge in [-0.1, -0.05) is 6.92 Å². The average molecular weight is 85.1 g/mol. The molecule has 0 aliphatic heterocycles. The minimum absolute atomic E-state index is 0.0926. The van der Waals surface area contributed by atoms with E-state index in [0.717, 1.165) is 6.42 Å². The highest BCUT2D eigenvalue weighted by atomic mass is 14.6. The molecule has 0 amide bonds. The van der Waals surface area contributed by atoms with Gasteiger partial charge >= 0.3 is 0 Å². The van der Waals surface area contributed by atoms with Crippen LogP contribution < -0.4 is 5.73 Å². The molecule has 1 heteroatoms. The fraction of sp³-hybridized carbons (Fsp3) is 0.600. The van der Waals surface area contributed by atoms with Gasteiger partial charge < -0.3 is 5.73 Å². The van der Waals surface area contributed by atoms with E-state index >= 15 is 0 Å². The summed E-state index contributed by atoms with van der Waals surface area (Å²) >= 11 is 0. The van der Waals surface area contributed by atoms with Crippen molar-refractivity contribution in [2.75, 3.05) is 0 Å². The lowest BCUT2D eigenvalue weighted by Crippen LogP contribution is -2.13. The highest BCUT2D eigenvalue weighted by Crippen LogP contribution is 1.86. The summed E-state index contributed by atoms with van der Waals surface area (Å²) < 4.78 is 0. The van der Waals surface area contributed by atoms with Crippen LogP contribution in [0.1, 0.15) is 13.3 Å². The summed E-state index contributed by atoms with van der Waals surface area (Å²) in [6, 6.07) is 0.0926. The van der Waals surface area contributed by atoms with E-state index in [1.54, 1.807) is 0 Å². The smallest absolute Gasteiger partial charge is 0.00420 e. The maximum Gasteiger partial charge on any atom is 0.00420 e. The Bertz CT molecular complexity index is 25.1. The van der Waals surface area contributed by atoms with Crippen molar-refractivity contribution in [3.8, 4) is 0 Å². The summed E-state index contributed by atoms with van der Waals surface area (Å²) in [6.07, 6.45) is 2.93. The molecule has 2 N–H and O–H groups in total. The second-order valence-electron chi connectivity index (χ2n) is 1.40. The van der Waals surface area contributed by atoms with E-state index in [2.05, 4.69) is 6.92 Å². The van der Waals surface area contributed by atoms with Crippen LogP contribution in [0.3, 0.4) is 0 Å². The van der Waals surface area contributed by atoms with Crippen LogP contribution in [-0.2, 0) is 0 Å². The lowest BCUT2D eigenvalue weighted by molar-refractivity contribution is 0.793. The Morgan fingerprint density at radius 1 is 2.00 bits per heavy atom. The first-order valence-electron chi connectivity index (χ1n) is 2.14. The van der Waals surface area contributed by atoms with E-state index in [9.17, 15) is 0 Å². The zero-order valence-electron chi connectivity index (χ0n) is 4.15. The third-order valence-corrected chi connectivity index (χ3v) is 0.538. The molecule has 0 heterocycles. The van der Waals surface area contributed by atoms with E-state index in [-0.39, 0.29) is 6.04 Å². The Morgan fingerprint density at radius 3 is 2.50 bits per heavy atom. The number of rotatable bonds is 2. The Kier molecular flexibility index (Phi) is 3.14. The largest absolute Gasteiger partial charge is 0.328 e. The molecule has 0 fully saturated rings. The first-order valence-corrected chi connectivity index (χ1v) is 2.14. The molecule has 6 heavy (non-hydrogen) atoms. The Morgan fingerprint density at radius 2 is 2.50 bits per heavy atom. The molecule has 2 radical (unpaired) electrons. The van der Waals surface area contributed by atoms with Crippen LogP contribution in [0.2, 0.25) is 0 Å². The number of hydrogen-bond acceptors (Lipinski definition) is 1. The SMILES string of the molecule is [CH2]C(N)C[CH]C. The predicted octanol–water partition coefficient (Wildman–Crippen LogP) is 0.762. The van der Waals surface area contributed by atoms with Crippen LogP contribution in [0.25, 0.3) is 0 Å². The van der Waals surface area contributed by atoms with Crippen LogP contribution in [0.15, 0.2) is 0 Å². The van der Waals surface area contributed by atoms with Gasteiger partial charge in [-0.2, -0.15) is 0 Å². The Labute approximate surface area is 39.5 Å². The van der Waals surface area contributed by atoms with Crippen molar-refractivity contribution in [3.63, 3.8) is 0 Å². The third kappa shape index (κ3) is 3.96. The topological polar surface area (TPSA) is 26.0 Å². The second-order valence-corrected chi connectivity index (χ2v) is 1.40. The summed E-state index contributed by atoms with van der Waals surface area (Å²) in [7, 11) is 0. The Hall–Kier alpha value is -0.0400. The van der Waals surface area contributed by atoms with Gasteiger partial charge in [0.15, 0.2) is 0 Å². The summed E-state index contributed by atoms with van der Waals surface area (Å²) in [5.74, 6) is 0. The van der Waals surface area contributed by atoms with Crippen molar-refractivity contribution in [2.24, 2.45) is 5.73 Å². The van der Waals surface area contributed by atoms with Crippen molar-refractivity contribution >= 4 is 0 Å². The van der Waals surface area contributed by atoms with Crippen molar-refractivity contribution in [1.29, 1.82) is 0 Å². The van der Waals surface area contributed by atoms with Crippen molar-refractivity contribution in [2.45, 2.75) is 19.4 Å². The molecular formula is C5H11N. The first-order chi connectivity index (χ1) is 2.77. The molecule has 1 atom stereocenters. The molecule has 0 aliphatic rings. The van der Waals surface area contributed by atoms with Gasteiger partial charge in [0.25, 0.3) is 0 Å². The maximum absolute atomic E-state index is 5.26. The van der Waals surface area contributed by atoms with Crippen molar-refractivity contribution in [3.05, 3.63) is 13.3 Å².